The largest absolute Gasteiger partial charge is 0.507 e. The second-order valence-corrected chi connectivity index (χ2v) is 7.50. The van der Waals surface area contributed by atoms with Gasteiger partial charge < -0.3 is 15.3 Å². The summed E-state index contributed by atoms with van der Waals surface area (Å²) in [5, 5.41) is 13.2. The third-order valence-corrected chi connectivity index (χ3v) is 4.94. The van der Waals surface area contributed by atoms with Crippen LogP contribution in [0.3, 0.4) is 0 Å². The number of amides is 1. The van der Waals surface area contributed by atoms with E-state index in [2.05, 4.69) is 31.2 Å². The van der Waals surface area contributed by atoms with Crippen LogP contribution in [0.1, 0.15) is 23.6 Å². The lowest BCUT2D eigenvalue weighted by molar-refractivity contribution is -0.114. The Morgan fingerprint density at radius 2 is 2.18 bits per heavy atom. The zero-order chi connectivity index (χ0) is 19.8. The zero-order valence-corrected chi connectivity index (χ0v) is 17.0. The zero-order valence-electron chi connectivity index (χ0n) is 15.4. The fraction of sp³-hybridized carbons (Fsp3) is 0.200. The maximum Gasteiger partial charge on any atom is 0.222 e. The number of aliphatic imine (C=N–C) groups is 2. The Bertz CT molecular complexity index is 1060. The van der Waals surface area contributed by atoms with Crippen LogP contribution in [0.15, 0.2) is 51.0 Å². The van der Waals surface area contributed by atoms with Crippen LogP contribution in [0.5, 0.6) is 0 Å². The molecule has 1 amide bonds. The molecule has 0 spiro atoms. The molecule has 7 nitrogen and oxygen atoms in total. The van der Waals surface area contributed by atoms with Crippen LogP contribution in [0.4, 0.5) is 11.5 Å². The van der Waals surface area contributed by atoms with Gasteiger partial charge in [-0.15, -0.1) is 0 Å². The smallest absolute Gasteiger partial charge is 0.222 e. The highest BCUT2D eigenvalue weighted by Crippen LogP contribution is 2.35. The van der Waals surface area contributed by atoms with Crippen molar-refractivity contribution in [3.63, 3.8) is 0 Å². The minimum Gasteiger partial charge on any atom is -0.507 e. The molecule has 0 atom stereocenters. The van der Waals surface area contributed by atoms with Crippen molar-refractivity contribution < 1.29 is 9.90 Å². The quantitative estimate of drug-likeness (QED) is 0.711. The van der Waals surface area contributed by atoms with Crippen molar-refractivity contribution in [1.29, 1.82) is 0 Å². The number of pyridine rings is 1. The summed E-state index contributed by atoms with van der Waals surface area (Å²) in [4.78, 5) is 26.7. The van der Waals surface area contributed by atoms with Gasteiger partial charge in [0.15, 0.2) is 0 Å². The molecule has 0 bridgehead atoms. The number of nitrogens with zero attached hydrogens (tertiary/aromatic N) is 4. The Balaban J connectivity index is 1.71. The lowest BCUT2D eigenvalue weighted by atomic mass is 10.0. The first-order valence-electron chi connectivity index (χ1n) is 8.78. The molecule has 1 aromatic heterocycles. The lowest BCUT2D eigenvalue weighted by Crippen LogP contribution is -2.36. The molecule has 2 N–H and O–H groups in total. The fourth-order valence-electron chi connectivity index (χ4n) is 3.25. The molecule has 0 aliphatic carbocycles. The standard InChI is InChI=1S/C20H18BrN5O2/c1-11-7-14(21)8-15-19(11)25-18(26-6-5-22-20(15)26)9-16(28)13-3-4-17(23-10-13)24-12(2)27/h3-4,7-10,28H,5-6H2,1-2H3,(H,23,24,27)/b16-9-. The van der Waals surface area contributed by atoms with Gasteiger partial charge in [0.05, 0.1) is 12.2 Å². The van der Waals surface area contributed by atoms with E-state index in [0.717, 1.165) is 27.1 Å². The highest BCUT2D eigenvalue weighted by Gasteiger charge is 2.29. The van der Waals surface area contributed by atoms with Gasteiger partial charge in [0.1, 0.15) is 23.2 Å². The first-order chi connectivity index (χ1) is 13.4. The molecule has 142 valence electrons. The van der Waals surface area contributed by atoms with E-state index >= 15 is 0 Å². The molecule has 4 rings (SSSR count). The summed E-state index contributed by atoms with van der Waals surface area (Å²) in [7, 11) is 0. The highest BCUT2D eigenvalue weighted by molar-refractivity contribution is 9.10. The molecule has 0 fully saturated rings. The number of hydrogen-bond acceptors (Lipinski definition) is 6. The molecule has 3 heterocycles. The number of anilines is 1. The van der Waals surface area contributed by atoms with Crippen molar-refractivity contribution in [3.05, 3.63) is 57.7 Å². The second kappa shape index (κ2) is 7.20. The molecule has 2 aliphatic heterocycles. The van der Waals surface area contributed by atoms with Gasteiger partial charge in [0.2, 0.25) is 5.91 Å². The molecule has 0 radical (unpaired) electrons. The maximum absolute atomic E-state index is 11.1. The van der Waals surface area contributed by atoms with Crippen LogP contribution >= 0.6 is 15.9 Å². The normalized spacial score (nSPS) is 15.5. The van der Waals surface area contributed by atoms with Crippen LogP contribution in [0.25, 0.3) is 5.76 Å². The van der Waals surface area contributed by atoms with Gasteiger partial charge >= 0.3 is 0 Å². The van der Waals surface area contributed by atoms with Crippen LogP contribution < -0.4 is 5.32 Å². The number of rotatable bonds is 3. The predicted molar refractivity (Wildman–Crippen MR) is 113 cm³/mol. The number of nitrogens with one attached hydrogen (secondary N) is 1. The number of halogens is 1. The van der Waals surface area contributed by atoms with Gasteiger partial charge in [-0.05, 0) is 36.8 Å². The molecule has 0 saturated carbocycles. The van der Waals surface area contributed by atoms with Crippen molar-refractivity contribution in [1.82, 2.24) is 9.88 Å². The minimum absolute atomic E-state index is 0.0464. The van der Waals surface area contributed by atoms with Crippen LogP contribution in [0.2, 0.25) is 0 Å². The summed E-state index contributed by atoms with van der Waals surface area (Å²) in [6.45, 7) is 4.81. The molecule has 0 saturated heterocycles. The second-order valence-electron chi connectivity index (χ2n) is 6.59. The Morgan fingerprint density at radius 3 is 2.89 bits per heavy atom. The fourth-order valence-corrected chi connectivity index (χ4v) is 3.82. The number of benzene rings is 1. The van der Waals surface area contributed by atoms with E-state index in [-0.39, 0.29) is 11.7 Å². The van der Waals surface area contributed by atoms with Crippen LogP contribution in [-0.2, 0) is 4.79 Å². The number of aromatic nitrogens is 1. The Hall–Kier alpha value is -3.00. The molecule has 1 aromatic carbocycles. The number of aliphatic hydroxyl groups excluding tert-OH is 1. The topological polar surface area (TPSA) is 90.2 Å². The molecule has 28 heavy (non-hydrogen) atoms. The summed E-state index contributed by atoms with van der Waals surface area (Å²) in [5.41, 5.74) is 3.42. The van der Waals surface area contributed by atoms with Crippen molar-refractivity contribution in [2.24, 2.45) is 9.98 Å². The number of fused-ring (bicyclic) bond motifs is 3. The van der Waals surface area contributed by atoms with E-state index in [1.54, 1.807) is 18.2 Å². The number of aryl methyl sites for hydroxylation is 1. The molecule has 0 unspecified atom stereocenters. The molecule has 8 heteroatoms. The number of hydrogen-bond donors (Lipinski definition) is 2. The average Bonchev–Trinajstić information content (AvgIpc) is 3.13. The van der Waals surface area contributed by atoms with E-state index in [1.807, 2.05) is 24.0 Å². The van der Waals surface area contributed by atoms with Crippen LogP contribution in [0, 0.1) is 6.92 Å². The Labute approximate surface area is 170 Å². The van der Waals surface area contributed by atoms with E-state index < -0.39 is 0 Å². The summed E-state index contributed by atoms with van der Waals surface area (Å²) in [6, 6.07) is 7.37. The van der Waals surface area contributed by atoms with Gasteiger partial charge in [-0.3, -0.25) is 9.79 Å². The Morgan fingerprint density at radius 1 is 1.36 bits per heavy atom. The third kappa shape index (κ3) is 3.43. The molecule has 2 aromatic rings. The maximum atomic E-state index is 11.1. The van der Waals surface area contributed by atoms with Crippen molar-refractivity contribution >= 4 is 50.8 Å². The number of amidine groups is 2. The van der Waals surface area contributed by atoms with Gasteiger partial charge in [-0.1, -0.05) is 15.9 Å². The van der Waals surface area contributed by atoms with Crippen molar-refractivity contribution in [2.75, 3.05) is 18.4 Å². The third-order valence-electron chi connectivity index (χ3n) is 4.48. The molecular formula is C20H18BrN5O2. The van der Waals surface area contributed by atoms with Crippen molar-refractivity contribution in [2.45, 2.75) is 13.8 Å². The highest BCUT2D eigenvalue weighted by atomic mass is 79.9. The summed E-state index contributed by atoms with van der Waals surface area (Å²) in [5.74, 6) is 1.79. The first kappa shape index (κ1) is 18.4. The SMILES string of the molecule is CC(=O)Nc1ccc(/C(O)=C/C2=Nc3c(C)cc(Br)cc3C3=NCCN23)cn1. The predicted octanol–water partition coefficient (Wildman–Crippen LogP) is 3.82. The summed E-state index contributed by atoms with van der Waals surface area (Å²) < 4.78 is 0.987. The van der Waals surface area contributed by atoms with E-state index in [4.69, 9.17) is 4.99 Å². The first-order valence-corrected chi connectivity index (χ1v) is 9.57. The Kier molecular flexibility index (Phi) is 4.72. The van der Waals surface area contributed by atoms with E-state index in [0.29, 0.717) is 30.3 Å². The molecular weight excluding hydrogens is 422 g/mol. The average molecular weight is 440 g/mol. The minimum atomic E-state index is -0.196. The van der Waals surface area contributed by atoms with E-state index in [9.17, 15) is 9.90 Å². The van der Waals surface area contributed by atoms with Crippen LogP contribution in [-0.4, -0.2) is 45.7 Å². The number of aliphatic hydroxyl groups is 1. The monoisotopic (exact) mass is 439 g/mol. The van der Waals surface area contributed by atoms with Gasteiger partial charge in [-0.25, -0.2) is 9.98 Å². The van der Waals surface area contributed by atoms with Gasteiger partial charge in [0.25, 0.3) is 0 Å². The van der Waals surface area contributed by atoms with Gasteiger partial charge in [0, 0.05) is 41.3 Å². The number of carbonyl (C=O) groups is 1. The van der Waals surface area contributed by atoms with Crippen molar-refractivity contribution in [3.8, 4) is 0 Å². The van der Waals surface area contributed by atoms with E-state index in [1.165, 1.54) is 13.1 Å². The summed E-state index contributed by atoms with van der Waals surface area (Å²) in [6.07, 6.45) is 3.14. The van der Waals surface area contributed by atoms with Gasteiger partial charge in [-0.2, -0.15) is 0 Å². The molecule has 2 aliphatic rings. The lowest BCUT2D eigenvalue weighted by Gasteiger charge is -2.27. The summed E-state index contributed by atoms with van der Waals surface area (Å²) >= 11 is 3.54. The number of carbonyl (C=O) groups excluding carboxylic acids is 1.